The predicted molar refractivity (Wildman–Crippen MR) is 69.6 cm³/mol. The van der Waals surface area contributed by atoms with E-state index in [1.807, 2.05) is 0 Å². The normalized spacial score (nSPS) is 29.0. The van der Waals surface area contributed by atoms with Crippen molar-refractivity contribution in [2.24, 2.45) is 11.7 Å². The Bertz CT molecular complexity index is 441. The Morgan fingerprint density at radius 1 is 1.16 bits per heavy atom. The SMILES string of the molecule is CC1CCCC(N)(c2ccccc2C(F)(F)F)CC1. The molecule has 0 radical (unpaired) electrons. The molecule has 2 atom stereocenters. The second-order valence-corrected chi connectivity index (χ2v) is 5.74. The molecule has 1 fully saturated rings. The van der Waals surface area contributed by atoms with Crippen molar-refractivity contribution in [2.75, 3.05) is 0 Å². The van der Waals surface area contributed by atoms with E-state index < -0.39 is 17.3 Å². The Morgan fingerprint density at radius 3 is 2.53 bits per heavy atom. The van der Waals surface area contributed by atoms with Crippen LogP contribution in [0.3, 0.4) is 0 Å². The second kappa shape index (κ2) is 5.16. The summed E-state index contributed by atoms with van der Waals surface area (Å²) in [6.45, 7) is 2.14. The molecule has 1 aliphatic carbocycles. The largest absolute Gasteiger partial charge is 0.416 e. The number of halogens is 3. The molecule has 0 saturated heterocycles. The van der Waals surface area contributed by atoms with E-state index in [9.17, 15) is 13.2 Å². The van der Waals surface area contributed by atoms with Crippen molar-refractivity contribution in [3.05, 3.63) is 35.4 Å². The number of hydrogen-bond donors (Lipinski definition) is 1. The van der Waals surface area contributed by atoms with E-state index in [2.05, 4.69) is 6.92 Å². The Hall–Kier alpha value is -1.03. The lowest BCUT2D eigenvalue weighted by Gasteiger charge is -2.31. The lowest BCUT2D eigenvalue weighted by molar-refractivity contribution is -0.138. The van der Waals surface area contributed by atoms with Gasteiger partial charge in [0.25, 0.3) is 0 Å². The molecule has 106 valence electrons. The first-order valence-corrected chi connectivity index (χ1v) is 6.78. The monoisotopic (exact) mass is 271 g/mol. The van der Waals surface area contributed by atoms with Crippen LogP contribution in [0.4, 0.5) is 13.2 Å². The first-order chi connectivity index (χ1) is 8.83. The minimum Gasteiger partial charge on any atom is -0.321 e. The van der Waals surface area contributed by atoms with Crippen LogP contribution >= 0.6 is 0 Å². The van der Waals surface area contributed by atoms with Gasteiger partial charge in [0.05, 0.1) is 5.56 Å². The summed E-state index contributed by atoms with van der Waals surface area (Å²) in [6, 6.07) is 5.75. The van der Waals surface area contributed by atoms with Crippen LogP contribution < -0.4 is 5.73 Å². The van der Waals surface area contributed by atoms with Crippen LogP contribution in [-0.2, 0) is 11.7 Å². The Kier molecular flexibility index (Phi) is 3.90. The van der Waals surface area contributed by atoms with Crippen LogP contribution in [0, 0.1) is 5.92 Å². The molecule has 0 bridgehead atoms. The predicted octanol–water partition coefficient (Wildman–Crippen LogP) is 4.46. The van der Waals surface area contributed by atoms with Gasteiger partial charge >= 0.3 is 6.18 Å². The lowest BCUT2D eigenvalue weighted by atomic mass is 9.81. The zero-order valence-electron chi connectivity index (χ0n) is 11.1. The molecule has 1 aliphatic rings. The Morgan fingerprint density at radius 2 is 1.84 bits per heavy atom. The van der Waals surface area contributed by atoms with Crippen molar-refractivity contribution >= 4 is 0 Å². The third-order valence-electron chi connectivity index (χ3n) is 4.17. The zero-order chi connectivity index (χ0) is 14.1. The molecule has 0 aromatic heterocycles. The molecular formula is C15H20F3N. The van der Waals surface area contributed by atoms with Crippen LogP contribution in [-0.4, -0.2) is 0 Å². The van der Waals surface area contributed by atoms with Gasteiger partial charge < -0.3 is 5.73 Å². The Balaban J connectivity index is 2.40. The van der Waals surface area contributed by atoms with E-state index >= 15 is 0 Å². The highest BCUT2D eigenvalue weighted by molar-refractivity contribution is 5.35. The molecule has 1 nitrogen and oxygen atoms in total. The first-order valence-electron chi connectivity index (χ1n) is 6.78. The van der Waals surface area contributed by atoms with Crippen molar-refractivity contribution in [1.82, 2.24) is 0 Å². The minimum absolute atomic E-state index is 0.261. The van der Waals surface area contributed by atoms with Gasteiger partial charge in [-0.1, -0.05) is 38.0 Å². The molecular weight excluding hydrogens is 251 g/mol. The number of hydrogen-bond acceptors (Lipinski definition) is 1. The third kappa shape index (κ3) is 3.11. The maximum Gasteiger partial charge on any atom is 0.416 e. The summed E-state index contributed by atoms with van der Waals surface area (Å²) in [4.78, 5) is 0. The van der Waals surface area contributed by atoms with Gasteiger partial charge in [-0.3, -0.25) is 0 Å². The summed E-state index contributed by atoms with van der Waals surface area (Å²) in [5.74, 6) is 0.545. The maximum atomic E-state index is 13.1. The number of benzene rings is 1. The molecule has 0 amide bonds. The molecule has 0 heterocycles. The van der Waals surface area contributed by atoms with Gasteiger partial charge in [0.2, 0.25) is 0 Å². The quantitative estimate of drug-likeness (QED) is 0.750. The maximum absolute atomic E-state index is 13.1. The highest BCUT2D eigenvalue weighted by Crippen LogP contribution is 2.41. The van der Waals surface area contributed by atoms with E-state index in [0.29, 0.717) is 18.8 Å². The molecule has 19 heavy (non-hydrogen) atoms. The third-order valence-corrected chi connectivity index (χ3v) is 4.17. The molecule has 4 heteroatoms. The van der Waals surface area contributed by atoms with Gasteiger partial charge in [-0.15, -0.1) is 0 Å². The average Bonchev–Trinajstić information content (AvgIpc) is 2.52. The smallest absolute Gasteiger partial charge is 0.321 e. The van der Waals surface area contributed by atoms with Crippen LogP contribution in [0.15, 0.2) is 24.3 Å². The van der Waals surface area contributed by atoms with Gasteiger partial charge in [0.1, 0.15) is 0 Å². The van der Waals surface area contributed by atoms with E-state index in [1.54, 1.807) is 12.1 Å². The van der Waals surface area contributed by atoms with Gasteiger partial charge in [-0.2, -0.15) is 13.2 Å². The minimum atomic E-state index is -4.33. The fraction of sp³-hybridized carbons (Fsp3) is 0.600. The van der Waals surface area contributed by atoms with Crippen molar-refractivity contribution in [3.8, 4) is 0 Å². The summed E-state index contributed by atoms with van der Waals surface area (Å²) >= 11 is 0. The summed E-state index contributed by atoms with van der Waals surface area (Å²) in [6.07, 6.45) is -0.244. The fourth-order valence-electron chi connectivity index (χ4n) is 2.97. The van der Waals surface area contributed by atoms with Crippen molar-refractivity contribution in [2.45, 2.75) is 50.7 Å². The highest BCUT2D eigenvalue weighted by Gasteiger charge is 2.40. The summed E-state index contributed by atoms with van der Waals surface area (Å²) in [5.41, 5.74) is 5.19. The summed E-state index contributed by atoms with van der Waals surface area (Å²) < 4.78 is 39.3. The van der Waals surface area contributed by atoms with Crippen LogP contribution in [0.25, 0.3) is 0 Å². The fourth-order valence-corrected chi connectivity index (χ4v) is 2.97. The molecule has 2 rings (SSSR count). The van der Waals surface area contributed by atoms with E-state index in [0.717, 1.165) is 25.3 Å². The zero-order valence-corrected chi connectivity index (χ0v) is 11.1. The van der Waals surface area contributed by atoms with Gasteiger partial charge in [-0.25, -0.2) is 0 Å². The van der Waals surface area contributed by atoms with Gasteiger partial charge in [0, 0.05) is 5.54 Å². The summed E-state index contributed by atoms with van der Waals surface area (Å²) in [5, 5.41) is 0. The number of rotatable bonds is 1. The number of nitrogens with two attached hydrogens (primary N) is 1. The van der Waals surface area contributed by atoms with E-state index in [1.165, 1.54) is 6.07 Å². The first kappa shape index (κ1) is 14.4. The van der Waals surface area contributed by atoms with E-state index in [4.69, 9.17) is 5.73 Å². The average molecular weight is 271 g/mol. The number of alkyl halides is 3. The van der Waals surface area contributed by atoms with Gasteiger partial charge in [0.15, 0.2) is 0 Å². The Labute approximate surface area is 112 Å². The van der Waals surface area contributed by atoms with Crippen LogP contribution in [0.1, 0.15) is 50.2 Å². The van der Waals surface area contributed by atoms with Crippen molar-refractivity contribution in [3.63, 3.8) is 0 Å². The molecule has 1 aromatic carbocycles. The van der Waals surface area contributed by atoms with Crippen LogP contribution in [0.2, 0.25) is 0 Å². The highest BCUT2D eigenvalue weighted by atomic mass is 19.4. The molecule has 1 saturated carbocycles. The molecule has 1 aromatic rings. The summed E-state index contributed by atoms with van der Waals surface area (Å²) in [7, 11) is 0. The van der Waals surface area contributed by atoms with Crippen LogP contribution in [0.5, 0.6) is 0 Å². The molecule has 2 N–H and O–H groups in total. The van der Waals surface area contributed by atoms with Crippen molar-refractivity contribution in [1.29, 1.82) is 0 Å². The van der Waals surface area contributed by atoms with Crippen molar-refractivity contribution < 1.29 is 13.2 Å². The van der Waals surface area contributed by atoms with E-state index in [-0.39, 0.29) is 5.56 Å². The lowest BCUT2D eigenvalue weighted by Crippen LogP contribution is -2.38. The second-order valence-electron chi connectivity index (χ2n) is 5.74. The topological polar surface area (TPSA) is 26.0 Å². The van der Waals surface area contributed by atoms with Gasteiger partial charge in [-0.05, 0) is 36.8 Å². The molecule has 2 unspecified atom stereocenters. The molecule has 0 spiro atoms. The molecule has 0 aliphatic heterocycles. The standard InChI is InChI=1S/C15H20F3N/c1-11-5-4-9-14(19,10-8-11)12-6-2-3-7-13(12)15(16,17)18/h2-3,6-7,11H,4-5,8-10,19H2,1H3.